The largest absolute Gasteiger partial charge is 0.482 e. The van der Waals surface area contributed by atoms with Crippen LogP contribution in [0.3, 0.4) is 0 Å². The normalized spacial score (nSPS) is 12.8. The second kappa shape index (κ2) is 8.20. The molecule has 29 heavy (non-hydrogen) atoms. The Morgan fingerprint density at radius 3 is 2.62 bits per heavy atom. The van der Waals surface area contributed by atoms with Gasteiger partial charge in [-0.2, -0.15) is 5.10 Å². The van der Waals surface area contributed by atoms with Crippen LogP contribution in [0.5, 0.6) is 5.75 Å². The highest BCUT2D eigenvalue weighted by molar-refractivity contribution is 6.36. The Labute approximate surface area is 179 Å². The van der Waals surface area contributed by atoms with E-state index in [4.69, 9.17) is 33.7 Å². The van der Waals surface area contributed by atoms with Crippen molar-refractivity contribution in [2.75, 3.05) is 5.73 Å². The highest BCUT2D eigenvalue weighted by Gasteiger charge is 2.20. The Balaban J connectivity index is 1.88. The van der Waals surface area contributed by atoms with Gasteiger partial charge in [0.15, 0.2) is 11.6 Å². The zero-order valence-electron chi connectivity index (χ0n) is 16.7. The molecule has 2 aromatic heterocycles. The van der Waals surface area contributed by atoms with Gasteiger partial charge in [0.25, 0.3) is 0 Å². The molecule has 2 heterocycles. The number of nitrogen functional groups attached to an aromatic ring is 1. The van der Waals surface area contributed by atoms with E-state index in [-0.39, 0.29) is 16.3 Å². The van der Waals surface area contributed by atoms with Gasteiger partial charge in [0.1, 0.15) is 11.9 Å². The van der Waals surface area contributed by atoms with Crippen molar-refractivity contribution in [3.05, 3.63) is 58.2 Å². The molecule has 8 heteroatoms. The van der Waals surface area contributed by atoms with Crippen LogP contribution in [0.25, 0.3) is 11.1 Å². The topological polar surface area (TPSA) is 66.0 Å². The molecule has 0 aliphatic carbocycles. The van der Waals surface area contributed by atoms with E-state index >= 15 is 0 Å². The summed E-state index contributed by atoms with van der Waals surface area (Å²) in [4.78, 5) is 4.22. The second-order valence-corrected chi connectivity index (χ2v) is 8.90. The summed E-state index contributed by atoms with van der Waals surface area (Å²) >= 11 is 12.3. The van der Waals surface area contributed by atoms with E-state index in [0.717, 1.165) is 17.7 Å². The minimum absolute atomic E-state index is 0.0730. The van der Waals surface area contributed by atoms with Gasteiger partial charge < -0.3 is 10.5 Å². The zero-order valence-corrected chi connectivity index (χ0v) is 18.2. The third-order valence-electron chi connectivity index (χ3n) is 4.27. The third kappa shape index (κ3) is 5.00. The van der Waals surface area contributed by atoms with Gasteiger partial charge in [0, 0.05) is 40.7 Å². The van der Waals surface area contributed by atoms with E-state index in [1.165, 1.54) is 12.1 Å². The first kappa shape index (κ1) is 21.4. The summed E-state index contributed by atoms with van der Waals surface area (Å²) in [5, 5.41) is 4.65. The van der Waals surface area contributed by atoms with Crippen LogP contribution in [0.4, 0.5) is 10.2 Å². The molecule has 0 amide bonds. The molecule has 3 rings (SSSR count). The molecule has 0 aliphatic rings. The molecule has 0 aliphatic heterocycles. The summed E-state index contributed by atoms with van der Waals surface area (Å²) in [6.07, 6.45) is 4.75. The molecule has 5 nitrogen and oxygen atoms in total. The number of aromatic nitrogens is 3. The first-order valence-corrected chi connectivity index (χ1v) is 9.89. The van der Waals surface area contributed by atoms with E-state index in [2.05, 4.69) is 30.9 Å². The number of pyridine rings is 1. The highest BCUT2D eigenvalue weighted by Crippen LogP contribution is 2.37. The van der Waals surface area contributed by atoms with Crippen molar-refractivity contribution >= 4 is 29.0 Å². The van der Waals surface area contributed by atoms with Crippen LogP contribution < -0.4 is 10.5 Å². The Bertz CT molecular complexity index is 1030. The van der Waals surface area contributed by atoms with Gasteiger partial charge in [-0.15, -0.1) is 0 Å². The SMILES string of the molecule is CC(Oc1cc(-c2cnn(CC(C)(C)C)c2)cnc1N)c1c(Cl)ccc(F)c1Cl. The number of ether oxygens (including phenoxy) is 1. The van der Waals surface area contributed by atoms with E-state index in [9.17, 15) is 4.39 Å². The fourth-order valence-corrected chi connectivity index (χ4v) is 3.64. The average molecular weight is 437 g/mol. The molecule has 1 atom stereocenters. The van der Waals surface area contributed by atoms with E-state index in [0.29, 0.717) is 16.3 Å². The van der Waals surface area contributed by atoms with Gasteiger partial charge in [-0.1, -0.05) is 44.0 Å². The summed E-state index contributed by atoms with van der Waals surface area (Å²) in [6.45, 7) is 8.95. The van der Waals surface area contributed by atoms with Crippen molar-refractivity contribution in [1.29, 1.82) is 0 Å². The lowest BCUT2D eigenvalue weighted by Gasteiger charge is -2.19. The first-order valence-electron chi connectivity index (χ1n) is 9.13. The van der Waals surface area contributed by atoms with E-state index in [1.807, 2.05) is 10.9 Å². The van der Waals surface area contributed by atoms with Crippen LogP contribution in [-0.4, -0.2) is 14.8 Å². The fourth-order valence-electron chi connectivity index (χ4n) is 2.96. The molecule has 3 aromatic rings. The number of hydrogen-bond donors (Lipinski definition) is 1. The molecule has 154 valence electrons. The standard InChI is InChI=1S/C21H23Cl2FN4O/c1-12(18-15(22)5-6-16(24)19(18)23)29-17-7-13(8-26-20(17)25)14-9-27-28(10-14)11-21(2,3)4/h5-10,12H,11H2,1-4H3,(H2,25,26). The number of benzene rings is 1. The predicted molar refractivity (Wildman–Crippen MR) is 115 cm³/mol. The van der Waals surface area contributed by atoms with E-state index in [1.54, 1.807) is 25.4 Å². The predicted octanol–water partition coefficient (Wildman–Crippen LogP) is 6.16. The summed E-state index contributed by atoms with van der Waals surface area (Å²) in [5.41, 5.74) is 8.15. The quantitative estimate of drug-likeness (QED) is 0.486. The second-order valence-electron chi connectivity index (χ2n) is 8.11. The number of halogens is 3. The van der Waals surface area contributed by atoms with Crippen LogP contribution in [0.2, 0.25) is 10.0 Å². The van der Waals surface area contributed by atoms with Crippen LogP contribution >= 0.6 is 23.2 Å². The van der Waals surface area contributed by atoms with Crippen molar-refractivity contribution in [2.24, 2.45) is 5.41 Å². The molecule has 0 radical (unpaired) electrons. The highest BCUT2D eigenvalue weighted by atomic mass is 35.5. The molecule has 0 saturated carbocycles. The molecule has 0 saturated heterocycles. The lowest BCUT2D eigenvalue weighted by Crippen LogP contribution is -2.15. The van der Waals surface area contributed by atoms with Gasteiger partial charge in [-0.05, 0) is 30.5 Å². The molecular weight excluding hydrogens is 414 g/mol. The molecule has 0 bridgehead atoms. The van der Waals surface area contributed by atoms with Crippen LogP contribution in [0, 0.1) is 11.2 Å². The van der Waals surface area contributed by atoms with Gasteiger partial charge in [0.05, 0.1) is 11.2 Å². The molecule has 0 fully saturated rings. The summed E-state index contributed by atoms with van der Waals surface area (Å²) in [6, 6.07) is 4.44. The van der Waals surface area contributed by atoms with Crippen LogP contribution in [0.1, 0.15) is 39.4 Å². The Hall–Kier alpha value is -2.31. The maximum atomic E-state index is 13.9. The first-order chi connectivity index (χ1) is 13.5. The maximum absolute atomic E-state index is 13.9. The summed E-state index contributed by atoms with van der Waals surface area (Å²) in [5.74, 6) is 0.00826. The number of anilines is 1. The number of nitrogens with zero attached hydrogens (tertiary/aromatic N) is 3. The summed E-state index contributed by atoms with van der Waals surface area (Å²) in [7, 11) is 0. The Kier molecular flexibility index (Phi) is 6.05. The lowest BCUT2D eigenvalue weighted by atomic mass is 9.97. The van der Waals surface area contributed by atoms with Crippen molar-refractivity contribution < 1.29 is 9.13 Å². The maximum Gasteiger partial charge on any atom is 0.166 e. The zero-order chi connectivity index (χ0) is 21.3. The minimum Gasteiger partial charge on any atom is -0.482 e. The lowest BCUT2D eigenvalue weighted by molar-refractivity contribution is 0.227. The van der Waals surface area contributed by atoms with Gasteiger partial charge >= 0.3 is 0 Å². The monoisotopic (exact) mass is 436 g/mol. The van der Waals surface area contributed by atoms with Crippen molar-refractivity contribution in [2.45, 2.75) is 40.3 Å². The molecule has 0 spiro atoms. The van der Waals surface area contributed by atoms with Crippen LogP contribution in [0.15, 0.2) is 36.8 Å². The Morgan fingerprint density at radius 2 is 1.93 bits per heavy atom. The number of hydrogen-bond acceptors (Lipinski definition) is 4. The summed E-state index contributed by atoms with van der Waals surface area (Å²) < 4.78 is 21.7. The smallest absolute Gasteiger partial charge is 0.166 e. The van der Waals surface area contributed by atoms with Crippen molar-refractivity contribution in [3.8, 4) is 16.9 Å². The van der Waals surface area contributed by atoms with Gasteiger partial charge in [0.2, 0.25) is 0 Å². The fraction of sp³-hybridized carbons (Fsp3) is 0.333. The molecule has 1 aromatic carbocycles. The van der Waals surface area contributed by atoms with Gasteiger partial charge in [-0.25, -0.2) is 9.37 Å². The minimum atomic E-state index is -0.631. The third-order valence-corrected chi connectivity index (χ3v) is 4.99. The number of rotatable bonds is 5. The van der Waals surface area contributed by atoms with Crippen molar-refractivity contribution in [3.63, 3.8) is 0 Å². The Morgan fingerprint density at radius 1 is 1.21 bits per heavy atom. The average Bonchev–Trinajstić information content (AvgIpc) is 3.07. The molecule has 2 N–H and O–H groups in total. The van der Waals surface area contributed by atoms with Crippen molar-refractivity contribution in [1.82, 2.24) is 14.8 Å². The van der Waals surface area contributed by atoms with Gasteiger partial charge in [-0.3, -0.25) is 4.68 Å². The van der Waals surface area contributed by atoms with E-state index < -0.39 is 11.9 Å². The number of nitrogens with two attached hydrogens (primary N) is 1. The van der Waals surface area contributed by atoms with Crippen LogP contribution in [-0.2, 0) is 6.54 Å². The molecule has 1 unspecified atom stereocenters. The molecular formula is C21H23Cl2FN4O.